The Morgan fingerprint density at radius 2 is 2.19 bits per heavy atom. The van der Waals surface area contributed by atoms with E-state index in [1.165, 1.54) is 12.3 Å². The molecule has 1 heterocycles. The van der Waals surface area contributed by atoms with Crippen molar-refractivity contribution >= 4 is 11.5 Å². The fourth-order valence-corrected chi connectivity index (χ4v) is 1.26. The number of halogens is 1. The van der Waals surface area contributed by atoms with Gasteiger partial charge in [-0.2, -0.15) is 5.10 Å². The highest BCUT2D eigenvalue weighted by Crippen LogP contribution is 2.20. The van der Waals surface area contributed by atoms with E-state index in [1.54, 1.807) is 0 Å². The maximum absolute atomic E-state index is 13.4. The van der Waals surface area contributed by atoms with Crippen LogP contribution < -0.4 is 5.73 Å². The van der Waals surface area contributed by atoms with E-state index in [-0.39, 0.29) is 17.2 Å². The number of nitro benzene ring substituents is 1. The van der Waals surface area contributed by atoms with Crippen LogP contribution in [0, 0.1) is 15.9 Å². The monoisotopic (exact) mass is 222 g/mol. The van der Waals surface area contributed by atoms with Crippen molar-refractivity contribution in [2.75, 3.05) is 5.73 Å². The van der Waals surface area contributed by atoms with Gasteiger partial charge in [-0.05, 0) is 6.07 Å². The molecule has 0 fully saturated rings. The minimum Gasteiger partial charge on any atom is -0.382 e. The molecule has 7 heteroatoms. The summed E-state index contributed by atoms with van der Waals surface area (Å²) in [7, 11) is 0. The molecule has 2 N–H and O–H groups in total. The fraction of sp³-hybridized carbons (Fsp3) is 0. The maximum atomic E-state index is 13.4. The van der Waals surface area contributed by atoms with E-state index in [9.17, 15) is 14.5 Å². The third-order valence-corrected chi connectivity index (χ3v) is 2.00. The molecule has 16 heavy (non-hydrogen) atoms. The molecule has 82 valence electrons. The molecule has 0 amide bonds. The predicted molar refractivity (Wildman–Crippen MR) is 54.6 cm³/mol. The molecule has 2 aromatic rings. The van der Waals surface area contributed by atoms with Gasteiger partial charge in [0.05, 0.1) is 4.92 Å². The molecular weight excluding hydrogens is 215 g/mol. The van der Waals surface area contributed by atoms with Gasteiger partial charge in [0.2, 0.25) is 0 Å². The highest BCUT2D eigenvalue weighted by molar-refractivity contribution is 5.44. The minimum atomic E-state index is -0.603. The van der Waals surface area contributed by atoms with Crippen molar-refractivity contribution in [3.8, 4) is 5.69 Å². The number of nitrogens with zero attached hydrogens (tertiary/aromatic N) is 3. The lowest BCUT2D eigenvalue weighted by Gasteiger charge is -2.02. The van der Waals surface area contributed by atoms with Crippen LogP contribution in [0.5, 0.6) is 0 Å². The molecule has 0 spiro atoms. The molecule has 0 unspecified atom stereocenters. The number of benzene rings is 1. The van der Waals surface area contributed by atoms with Gasteiger partial charge in [0.1, 0.15) is 17.3 Å². The van der Waals surface area contributed by atoms with Gasteiger partial charge in [-0.3, -0.25) is 10.1 Å². The highest BCUT2D eigenvalue weighted by Gasteiger charge is 2.12. The molecule has 1 aromatic heterocycles. The summed E-state index contributed by atoms with van der Waals surface area (Å²) in [5.74, 6) is -0.389. The average molecular weight is 222 g/mol. The van der Waals surface area contributed by atoms with Crippen LogP contribution in [0.4, 0.5) is 15.9 Å². The number of nitrogens with two attached hydrogens (primary N) is 1. The summed E-state index contributed by atoms with van der Waals surface area (Å²) in [5, 5.41) is 14.3. The number of aromatic nitrogens is 2. The number of anilines is 1. The average Bonchev–Trinajstić information content (AvgIpc) is 2.65. The Morgan fingerprint density at radius 1 is 1.44 bits per heavy atom. The summed E-state index contributed by atoms with van der Waals surface area (Å²) in [6, 6.07) is 4.68. The molecule has 6 nitrogen and oxygen atoms in total. The second kappa shape index (κ2) is 3.61. The first kappa shape index (κ1) is 10.1. The van der Waals surface area contributed by atoms with Gasteiger partial charge < -0.3 is 5.73 Å². The molecule has 1 aromatic carbocycles. The van der Waals surface area contributed by atoms with Crippen molar-refractivity contribution in [2.45, 2.75) is 0 Å². The molecule has 0 aliphatic heterocycles. The number of non-ortho nitro benzene ring substituents is 1. The van der Waals surface area contributed by atoms with Gasteiger partial charge in [-0.15, -0.1) is 0 Å². The molecule has 0 saturated carbocycles. The third-order valence-electron chi connectivity index (χ3n) is 2.00. The highest BCUT2D eigenvalue weighted by atomic mass is 19.1. The fourth-order valence-electron chi connectivity index (χ4n) is 1.26. The van der Waals surface area contributed by atoms with Crippen LogP contribution in [-0.4, -0.2) is 14.7 Å². The van der Waals surface area contributed by atoms with Gasteiger partial charge in [0, 0.05) is 24.4 Å². The smallest absolute Gasteiger partial charge is 0.271 e. The van der Waals surface area contributed by atoms with E-state index >= 15 is 0 Å². The van der Waals surface area contributed by atoms with E-state index < -0.39 is 10.7 Å². The van der Waals surface area contributed by atoms with Gasteiger partial charge >= 0.3 is 0 Å². The molecule has 0 saturated heterocycles. The van der Waals surface area contributed by atoms with Gasteiger partial charge in [-0.1, -0.05) is 0 Å². The lowest BCUT2D eigenvalue weighted by Crippen LogP contribution is -2.00. The molecular formula is C9H7FN4O2. The summed E-state index contributed by atoms with van der Waals surface area (Å²) in [6.07, 6.45) is 1.43. The van der Waals surface area contributed by atoms with E-state index in [4.69, 9.17) is 5.73 Å². The number of hydrogen-bond donors (Lipinski definition) is 1. The third kappa shape index (κ3) is 1.70. The van der Waals surface area contributed by atoms with Crippen LogP contribution >= 0.6 is 0 Å². The summed E-state index contributed by atoms with van der Waals surface area (Å²) in [4.78, 5) is 9.93. The van der Waals surface area contributed by atoms with Crippen molar-refractivity contribution < 1.29 is 9.31 Å². The SMILES string of the molecule is Nc1ccn(-c2cc([N+](=O)[O-])ccc2F)n1. The van der Waals surface area contributed by atoms with E-state index in [2.05, 4.69) is 5.10 Å². The second-order valence-corrected chi connectivity index (χ2v) is 3.08. The number of nitrogen functional groups attached to an aromatic ring is 1. The first-order valence-electron chi connectivity index (χ1n) is 4.33. The summed E-state index contributed by atoms with van der Waals surface area (Å²) in [6.45, 7) is 0. The quantitative estimate of drug-likeness (QED) is 0.616. The van der Waals surface area contributed by atoms with Crippen LogP contribution in [0.3, 0.4) is 0 Å². The summed E-state index contributed by atoms with van der Waals surface area (Å²) < 4.78 is 14.6. The topological polar surface area (TPSA) is 87.0 Å². The lowest BCUT2D eigenvalue weighted by molar-refractivity contribution is -0.384. The van der Waals surface area contributed by atoms with Crippen LogP contribution in [0.2, 0.25) is 0 Å². The zero-order chi connectivity index (χ0) is 11.7. The number of nitro groups is 1. The Balaban J connectivity index is 2.55. The van der Waals surface area contributed by atoms with Crippen molar-refractivity contribution in [3.63, 3.8) is 0 Å². The maximum Gasteiger partial charge on any atom is 0.271 e. The van der Waals surface area contributed by atoms with Crippen molar-refractivity contribution in [1.82, 2.24) is 9.78 Å². The van der Waals surface area contributed by atoms with Gasteiger partial charge in [0.15, 0.2) is 0 Å². The molecule has 0 radical (unpaired) electrons. The van der Waals surface area contributed by atoms with Gasteiger partial charge in [0.25, 0.3) is 5.69 Å². The van der Waals surface area contributed by atoms with E-state index in [0.717, 1.165) is 22.9 Å². The van der Waals surface area contributed by atoms with Crippen LogP contribution in [-0.2, 0) is 0 Å². The summed E-state index contributed by atoms with van der Waals surface area (Å²) >= 11 is 0. The van der Waals surface area contributed by atoms with Crippen LogP contribution in [0.15, 0.2) is 30.5 Å². The Kier molecular flexibility index (Phi) is 2.28. The Morgan fingerprint density at radius 3 is 2.75 bits per heavy atom. The summed E-state index contributed by atoms with van der Waals surface area (Å²) in [5.41, 5.74) is 5.16. The number of rotatable bonds is 2. The Hall–Kier alpha value is -2.44. The predicted octanol–water partition coefficient (Wildman–Crippen LogP) is 1.50. The number of hydrogen-bond acceptors (Lipinski definition) is 4. The Bertz CT molecular complexity index is 552. The van der Waals surface area contributed by atoms with Gasteiger partial charge in [-0.25, -0.2) is 9.07 Å². The molecule has 2 rings (SSSR count). The van der Waals surface area contributed by atoms with Crippen molar-refractivity contribution in [2.24, 2.45) is 0 Å². The minimum absolute atomic E-state index is 0.00843. The first-order valence-corrected chi connectivity index (χ1v) is 4.33. The molecule has 0 aliphatic carbocycles. The Labute approximate surface area is 89.3 Å². The normalized spacial score (nSPS) is 10.3. The largest absolute Gasteiger partial charge is 0.382 e. The molecule has 0 aliphatic rings. The molecule has 0 atom stereocenters. The van der Waals surface area contributed by atoms with E-state index in [0.29, 0.717) is 0 Å². The zero-order valence-corrected chi connectivity index (χ0v) is 8.00. The van der Waals surface area contributed by atoms with Crippen LogP contribution in [0.25, 0.3) is 5.69 Å². The van der Waals surface area contributed by atoms with Crippen molar-refractivity contribution in [1.29, 1.82) is 0 Å². The van der Waals surface area contributed by atoms with Crippen molar-refractivity contribution in [3.05, 3.63) is 46.4 Å². The first-order chi connectivity index (χ1) is 7.58. The second-order valence-electron chi connectivity index (χ2n) is 3.08. The zero-order valence-electron chi connectivity index (χ0n) is 8.00. The standard InChI is InChI=1S/C9H7FN4O2/c10-7-2-1-6(14(15)16)5-8(7)13-4-3-9(11)12-13/h1-5H,(H2,11,12). The lowest BCUT2D eigenvalue weighted by atomic mass is 10.2. The van der Waals surface area contributed by atoms with Crippen LogP contribution in [0.1, 0.15) is 0 Å². The van der Waals surface area contributed by atoms with E-state index in [1.807, 2.05) is 0 Å². The molecule has 0 bridgehead atoms.